The number of urea groups is 1. The molecule has 2 aliphatic heterocycles. The second-order valence-corrected chi connectivity index (χ2v) is 7.31. The fourth-order valence-corrected chi connectivity index (χ4v) is 3.72. The maximum Gasteiger partial charge on any atom is 0.321 e. The van der Waals surface area contributed by atoms with Crippen LogP contribution in [0.25, 0.3) is 0 Å². The van der Waals surface area contributed by atoms with Crippen LogP contribution in [0.5, 0.6) is 11.5 Å². The van der Waals surface area contributed by atoms with Crippen LogP contribution in [0.4, 0.5) is 10.5 Å². The average Bonchev–Trinajstić information content (AvgIpc) is 3.05. The van der Waals surface area contributed by atoms with Gasteiger partial charge in [-0.15, -0.1) is 0 Å². The van der Waals surface area contributed by atoms with E-state index in [9.17, 15) is 9.59 Å². The van der Waals surface area contributed by atoms with Gasteiger partial charge in [0.2, 0.25) is 5.91 Å². The van der Waals surface area contributed by atoms with Crippen LogP contribution in [-0.2, 0) is 4.79 Å². The van der Waals surface area contributed by atoms with E-state index in [4.69, 9.17) is 4.74 Å². The lowest BCUT2D eigenvalue weighted by molar-refractivity contribution is -0.119. The SMILES string of the molecule is O=C1CC2(CCN(C(=O)Nc3ccc(Oc4ccccc4)cc3)CC2)CN1. The van der Waals surface area contributed by atoms with Gasteiger partial charge in [0.15, 0.2) is 0 Å². The zero-order valence-electron chi connectivity index (χ0n) is 15.1. The molecule has 0 radical (unpaired) electrons. The third kappa shape index (κ3) is 4.05. The molecule has 2 fully saturated rings. The fourth-order valence-electron chi connectivity index (χ4n) is 3.72. The molecule has 2 aromatic rings. The zero-order chi connectivity index (χ0) is 18.7. The topological polar surface area (TPSA) is 70.7 Å². The molecule has 0 aliphatic carbocycles. The van der Waals surface area contributed by atoms with Gasteiger partial charge in [-0.25, -0.2) is 4.79 Å². The van der Waals surface area contributed by atoms with Gasteiger partial charge in [0, 0.05) is 31.7 Å². The van der Waals surface area contributed by atoms with Crippen LogP contribution >= 0.6 is 0 Å². The lowest BCUT2D eigenvalue weighted by Gasteiger charge is -2.38. The number of carbonyl (C=O) groups excluding carboxylic acids is 2. The van der Waals surface area contributed by atoms with Crippen molar-refractivity contribution in [2.75, 3.05) is 25.0 Å². The number of rotatable bonds is 3. The number of anilines is 1. The van der Waals surface area contributed by atoms with E-state index < -0.39 is 0 Å². The molecule has 0 saturated carbocycles. The first-order valence-corrected chi connectivity index (χ1v) is 9.28. The van der Waals surface area contributed by atoms with Gasteiger partial charge in [0.1, 0.15) is 11.5 Å². The Morgan fingerprint density at radius 1 is 1.00 bits per heavy atom. The summed E-state index contributed by atoms with van der Waals surface area (Å²) in [6.07, 6.45) is 2.32. The molecule has 2 N–H and O–H groups in total. The quantitative estimate of drug-likeness (QED) is 0.873. The molecule has 0 unspecified atom stereocenters. The van der Waals surface area contributed by atoms with E-state index in [1.165, 1.54) is 0 Å². The van der Waals surface area contributed by atoms with Crippen LogP contribution in [0.2, 0.25) is 0 Å². The molecule has 2 aliphatic rings. The summed E-state index contributed by atoms with van der Waals surface area (Å²) >= 11 is 0. The Labute approximate surface area is 158 Å². The second kappa shape index (κ2) is 7.31. The summed E-state index contributed by atoms with van der Waals surface area (Å²) in [5, 5.41) is 5.86. The summed E-state index contributed by atoms with van der Waals surface area (Å²) in [7, 11) is 0. The molecule has 4 rings (SSSR count). The molecule has 0 bridgehead atoms. The Hall–Kier alpha value is -3.02. The van der Waals surface area contributed by atoms with Gasteiger partial charge in [0.25, 0.3) is 0 Å². The number of ether oxygens (including phenoxy) is 1. The second-order valence-electron chi connectivity index (χ2n) is 7.31. The highest BCUT2D eigenvalue weighted by Gasteiger charge is 2.41. The minimum atomic E-state index is -0.0983. The van der Waals surface area contributed by atoms with E-state index in [2.05, 4.69) is 10.6 Å². The Bertz CT molecular complexity index is 812. The normalized spacial score (nSPS) is 18.2. The largest absolute Gasteiger partial charge is 0.457 e. The van der Waals surface area contributed by atoms with Crippen molar-refractivity contribution in [1.29, 1.82) is 0 Å². The van der Waals surface area contributed by atoms with Crippen LogP contribution in [0.1, 0.15) is 19.3 Å². The Kier molecular flexibility index (Phi) is 4.71. The van der Waals surface area contributed by atoms with E-state index in [0.29, 0.717) is 19.5 Å². The molecular formula is C21H23N3O3. The maximum atomic E-state index is 12.5. The van der Waals surface area contributed by atoms with Crippen molar-refractivity contribution in [3.8, 4) is 11.5 Å². The summed E-state index contributed by atoms with van der Waals surface area (Å²) in [4.78, 5) is 25.8. The van der Waals surface area contributed by atoms with Crippen molar-refractivity contribution >= 4 is 17.6 Å². The van der Waals surface area contributed by atoms with Crippen LogP contribution in [0.3, 0.4) is 0 Å². The summed E-state index contributed by atoms with van der Waals surface area (Å²) < 4.78 is 5.76. The zero-order valence-corrected chi connectivity index (χ0v) is 15.1. The van der Waals surface area contributed by atoms with Crippen molar-refractivity contribution in [3.05, 3.63) is 54.6 Å². The summed E-state index contributed by atoms with van der Waals surface area (Å²) in [5.41, 5.74) is 0.781. The number of benzene rings is 2. The highest BCUT2D eigenvalue weighted by molar-refractivity contribution is 5.89. The van der Waals surface area contributed by atoms with Crippen molar-refractivity contribution < 1.29 is 14.3 Å². The number of hydrogen-bond acceptors (Lipinski definition) is 3. The van der Waals surface area contributed by atoms with Gasteiger partial charge in [-0.2, -0.15) is 0 Å². The number of nitrogens with zero attached hydrogens (tertiary/aromatic N) is 1. The van der Waals surface area contributed by atoms with E-state index in [0.717, 1.165) is 36.6 Å². The molecule has 3 amide bonds. The van der Waals surface area contributed by atoms with E-state index in [1.54, 1.807) is 0 Å². The fraction of sp³-hybridized carbons (Fsp3) is 0.333. The van der Waals surface area contributed by atoms with Gasteiger partial charge in [-0.3, -0.25) is 4.79 Å². The number of hydrogen-bond donors (Lipinski definition) is 2. The van der Waals surface area contributed by atoms with Gasteiger partial charge in [-0.1, -0.05) is 18.2 Å². The number of nitrogens with one attached hydrogen (secondary N) is 2. The smallest absolute Gasteiger partial charge is 0.321 e. The summed E-state index contributed by atoms with van der Waals surface area (Å²) in [6.45, 7) is 2.09. The Morgan fingerprint density at radius 3 is 2.30 bits per heavy atom. The first-order valence-electron chi connectivity index (χ1n) is 9.28. The molecule has 6 nitrogen and oxygen atoms in total. The maximum absolute atomic E-state index is 12.5. The third-order valence-electron chi connectivity index (χ3n) is 5.39. The number of piperidine rings is 1. The number of carbonyl (C=O) groups is 2. The van der Waals surface area contributed by atoms with Gasteiger partial charge in [0.05, 0.1) is 0 Å². The number of para-hydroxylation sites is 1. The minimum absolute atomic E-state index is 0.0459. The monoisotopic (exact) mass is 365 g/mol. The molecule has 2 aromatic carbocycles. The van der Waals surface area contributed by atoms with E-state index in [1.807, 2.05) is 59.5 Å². The summed E-state index contributed by atoms with van der Waals surface area (Å²) in [6, 6.07) is 16.8. The lowest BCUT2D eigenvalue weighted by atomic mass is 9.78. The predicted octanol–water partition coefficient (Wildman–Crippen LogP) is 3.61. The lowest BCUT2D eigenvalue weighted by Crippen LogP contribution is -2.45. The molecule has 140 valence electrons. The molecule has 27 heavy (non-hydrogen) atoms. The molecular weight excluding hydrogens is 342 g/mol. The minimum Gasteiger partial charge on any atom is -0.457 e. The number of amides is 3. The van der Waals surface area contributed by atoms with Crippen LogP contribution in [0, 0.1) is 5.41 Å². The van der Waals surface area contributed by atoms with Crippen molar-refractivity contribution in [2.45, 2.75) is 19.3 Å². The predicted molar refractivity (Wildman–Crippen MR) is 103 cm³/mol. The van der Waals surface area contributed by atoms with Crippen molar-refractivity contribution in [1.82, 2.24) is 10.2 Å². The van der Waals surface area contributed by atoms with Crippen LogP contribution in [0.15, 0.2) is 54.6 Å². The molecule has 0 atom stereocenters. The van der Waals surface area contributed by atoms with Gasteiger partial charge < -0.3 is 20.3 Å². The first kappa shape index (κ1) is 17.4. The number of likely N-dealkylation sites (tertiary alicyclic amines) is 1. The molecule has 0 aromatic heterocycles. The first-order chi connectivity index (χ1) is 13.1. The van der Waals surface area contributed by atoms with E-state index in [-0.39, 0.29) is 17.4 Å². The highest BCUT2D eigenvalue weighted by atomic mass is 16.5. The molecule has 6 heteroatoms. The Morgan fingerprint density at radius 2 is 1.67 bits per heavy atom. The summed E-state index contributed by atoms with van der Waals surface area (Å²) in [5.74, 6) is 1.62. The van der Waals surface area contributed by atoms with Crippen LogP contribution in [-0.4, -0.2) is 36.5 Å². The molecule has 2 saturated heterocycles. The molecule has 2 heterocycles. The Balaban J connectivity index is 1.30. The van der Waals surface area contributed by atoms with Crippen molar-refractivity contribution in [2.24, 2.45) is 5.41 Å². The third-order valence-corrected chi connectivity index (χ3v) is 5.39. The van der Waals surface area contributed by atoms with Crippen LogP contribution < -0.4 is 15.4 Å². The van der Waals surface area contributed by atoms with Crippen molar-refractivity contribution in [3.63, 3.8) is 0 Å². The molecule has 1 spiro atoms. The highest BCUT2D eigenvalue weighted by Crippen LogP contribution is 2.37. The average molecular weight is 365 g/mol. The standard InChI is InChI=1S/C21H23N3O3/c25-19-14-21(15-22-19)10-12-24(13-11-21)20(26)23-16-6-8-18(9-7-16)27-17-4-2-1-3-5-17/h1-9H,10-15H2,(H,22,25)(H,23,26). The van der Waals surface area contributed by atoms with Gasteiger partial charge >= 0.3 is 6.03 Å². The van der Waals surface area contributed by atoms with Gasteiger partial charge in [-0.05, 0) is 54.7 Å². The van der Waals surface area contributed by atoms with E-state index >= 15 is 0 Å².